The Kier molecular flexibility index (Phi) is 7.00. The fourth-order valence-electron chi connectivity index (χ4n) is 5.35. The maximum absolute atomic E-state index is 13.0. The Morgan fingerprint density at radius 2 is 1.34 bits per heavy atom. The molecule has 0 aliphatic carbocycles. The zero-order chi connectivity index (χ0) is 24.2. The van der Waals surface area contributed by atoms with E-state index in [9.17, 15) is 9.59 Å². The highest BCUT2D eigenvalue weighted by Crippen LogP contribution is 2.30. The molecule has 0 aromatic heterocycles. The molecule has 2 aliphatic rings. The molecule has 1 saturated heterocycles. The topological polar surface area (TPSA) is 53.1 Å². The average molecular weight is 472 g/mol. The highest BCUT2D eigenvalue weighted by Gasteiger charge is 2.32. The molecule has 0 bridgehead atoms. The normalized spacial score (nSPS) is 16.3. The Hall–Kier alpha value is -3.38. The molecule has 3 aromatic carbocycles. The number of amides is 2. The van der Waals surface area contributed by atoms with Crippen molar-refractivity contribution in [1.82, 2.24) is 9.80 Å². The van der Waals surface area contributed by atoms with E-state index in [0.717, 1.165) is 74.9 Å². The first-order valence-electron chi connectivity index (χ1n) is 12.7. The third-order valence-electron chi connectivity index (χ3n) is 7.26. The van der Waals surface area contributed by atoms with Crippen LogP contribution < -0.4 is 9.64 Å². The molecule has 5 rings (SSSR count). The van der Waals surface area contributed by atoms with E-state index < -0.39 is 0 Å². The zero-order valence-electron chi connectivity index (χ0n) is 20.4. The first kappa shape index (κ1) is 23.4. The van der Waals surface area contributed by atoms with Crippen LogP contribution in [-0.2, 0) is 0 Å². The van der Waals surface area contributed by atoms with Crippen LogP contribution in [0, 0.1) is 0 Å². The summed E-state index contributed by atoms with van der Waals surface area (Å²) in [6.07, 6.45) is 4.11. The first-order valence-corrected chi connectivity index (χ1v) is 12.7. The summed E-state index contributed by atoms with van der Waals surface area (Å²) in [5.41, 5.74) is 2.46. The number of imide groups is 1. The molecular weight excluding hydrogens is 438 g/mol. The molecule has 6 nitrogen and oxygen atoms in total. The number of ether oxygens (including phenoxy) is 1. The lowest BCUT2D eigenvalue weighted by Crippen LogP contribution is -2.46. The van der Waals surface area contributed by atoms with Gasteiger partial charge in [0.1, 0.15) is 5.75 Å². The third-order valence-corrected chi connectivity index (χ3v) is 7.26. The average Bonchev–Trinajstić information content (AvgIpc) is 2.91. The largest absolute Gasteiger partial charge is 0.495 e. The molecule has 3 aromatic rings. The van der Waals surface area contributed by atoms with E-state index >= 15 is 0 Å². The van der Waals surface area contributed by atoms with Crippen LogP contribution in [0.15, 0.2) is 60.7 Å². The van der Waals surface area contributed by atoms with Crippen molar-refractivity contribution in [3.05, 3.63) is 71.8 Å². The van der Waals surface area contributed by atoms with Gasteiger partial charge in [-0.2, -0.15) is 0 Å². The standard InChI is InChI=1S/C29H33N3O3/c1-35-26-15-5-4-14-25(26)31-20-18-30(19-21-31)16-6-2-3-7-17-32-28(33)23-12-8-10-22-11-9-13-24(27(22)23)29(32)34/h4-5,8-15H,2-3,6-7,16-21H2,1H3. The number of rotatable bonds is 9. The van der Waals surface area contributed by atoms with Gasteiger partial charge in [-0.25, -0.2) is 0 Å². The van der Waals surface area contributed by atoms with E-state index in [-0.39, 0.29) is 11.8 Å². The zero-order valence-corrected chi connectivity index (χ0v) is 20.4. The maximum atomic E-state index is 13.0. The minimum Gasteiger partial charge on any atom is -0.495 e. The molecule has 182 valence electrons. The molecule has 35 heavy (non-hydrogen) atoms. The summed E-state index contributed by atoms with van der Waals surface area (Å²) < 4.78 is 5.52. The van der Waals surface area contributed by atoms with Crippen LogP contribution in [0.3, 0.4) is 0 Å². The van der Waals surface area contributed by atoms with Crippen LogP contribution in [-0.4, -0.2) is 68.0 Å². The van der Waals surface area contributed by atoms with Gasteiger partial charge in [-0.05, 0) is 49.0 Å². The molecule has 0 spiro atoms. The fraction of sp³-hybridized carbons (Fsp3) is 0.379. The van der Waals surface area contributed by atoms with E-state index in [1.165, 1.54) is 10.6 Å². The molecule has 0 N–H and O–H groups in total. The predicted molar refractivity (Wildman–Crippen MR) is 139 cm³/mol. The summed E-state index contributed by atoms with van der Waals surface area (Å²) in [6, 6.07) is 19.6. The number of para-hydroxylation sites is 2. The lowest BCUT2D eigenvalue weighted by atomic mass is 9.94. The highest BCUT2D eigenvalue weighted by molar-refractivity contribution is 6.25. The smallest absolute Gasteiger partial charge is 0.261 e. The van der Waals surface area contributed by atoms with Gasteiger partial charge in [-0.1, -0.05) is 49.2 Å². The van der Waals surface area contributed by atoms with E-state index in [1.807, 2.05) is 48.5 Å². The van der Waals surface area contributed by atoms with Gasteiger partial charge in [0.2, 0.25) is 0 Å². The summed E-state index contributed by atoms with van der Waals surface area (Å²) in [7, 11) is 1.73. The minimum atomic E-state index is -0.160. The molecule has 2 heterocycles. The van der Waals surface area contributed by atoms with Gasteiger partial charge < -0.3 is 9.64 Å². The molecular formula is C29H33N3O3. The number of carbonyl (C=O) groups excluding carboxylic acids is 2. The van der Waals surface area contributed by atoms with Crippen molar-refractivity contribution in [2.24, 2.45) is 0 Å². The van der Waals surface area contributed by atoms with Gasteiger partial charge >= 0.3 is 0 Å². The van der Waals surface area contributed by atoms with Crippen LogP contribution in [0.4, 0.5) is 5.69 Å². The molecule has 1 fully saturated rings. The summed E-state index contributed by atoms with van der Waals surface area (Å²) in [5, 5.41) is 1.75. The lowest BCUT2D eigenvalue weighted by Gasteiger charge is -2.36. The van der Waals surface area contributed by atoms with Crippen LogP contribution in [0.1, 0.15) is 46.4 Å². The van der Waals surface area contributed by atoms with Crippen molar-refractivity contribution in [2.75, 3.05) is 51.3 Å². The number of carbonyl (C=O) groups is 2. The van der Waals surface area contributed by atoms with Crippen LogP contribution in [0.2, 0.25) is 0 Å². The molecule has 0 radical (unpaired) electrons. The van der Waals surface area contributed by atoms with Gasteiger partial charge in [0.05, 0.1) is 12.8 Å². The molecule has 0 saturated carbocycles. The SMILES string of the molecule is COc1ccccc1N1CCN(CCCCCCN2C(=O)c3cccc4cccc(c34)C2=O)CC1. The maximum Gasteiger partial charge on any atom is 0.261 e. The molecule has 2 amide bonds. The second kappa shape index (κ2) is 10.5. The van der Waals surface area contributed by atoms with Crippen LogP contribution in [0.5, 0.6) is 5.75 Å². The summed E-state index contributed by atoms with van der Waals surface area (Å²) in [5.74, 6) is 0.617. The van der Waals surface area contributed by atoms with Crippen LogP contribution >= 0.6 is 0 Å². The number of benzene rings is 3. The predicted octanol–water partition coefficient (Wildman–Crippen LogP) is 4.83. The number of anilines is 1. The second-order valence-corrected chi connectivity index (χ2v) is 9.39. The van der Waals surface area contributed by atoms with E-state index in [0.29, 0.717) is 17.7 Å². The number of hydrogen-bond acceptors (Lipinski definition) is 5. The first-order chi connectivity index (χ1) is 17.2. The Balaban J connectivity index is 1.05. The lowest BCUT2D eigenvalue weighted by molar-refractivity contribution is 0.0607. The molecule has 0 unspecified atom stereocenters. The van der Waals surface area contributed by atoms with Crippen molar-refractivity contribution in [3.63, 3.8) is 0 Å². The Bertz CT molecular complexity index is 1170. The second-order valence-electron chi connectivity index (χ2n) is 9.39. The van der Waals surface area contributed by atoms with Gasteiger partial charge in [-0.3, -0.25) is 19.4 Å². The molecule has 2 aliphatic heterocycles. The number of hydrogen-bond donors (Lipinski definition) is 0. The van der Waals surface area contributed by atoms with Crippen molar-refractivity contribution in [3.8, 4) is 5.75 Å². The van der Waals surface area contributed by atoms with E-state index in [1.54, 1.807) is 7.11 Å². The van der Waals surface area contributed by atoms with Crippen molar-refractivity contribution in [2.45, 2.75) is 25.7 Å². The Morgan fingerprint density at radius 1 is 0.714 bits per heavy atom. The highest BCUT2D eigenvalue weighted by atomic mass is 16.5. The third kappa shape index (κ3) is 4.76. The monoisotopic (exact) mass is 471 g/mol. The Labute approximate surface area is 207 Å². The van der Waals surface area contributed by atoms with Gasteiger partial charge in [0.25, 0.3) is 11.8 Å². The van der Waals surface area contributed by atoms with Crippen molar-refractivity contribution in [1.29, 1.82) is 0 Å². The fourth-order valence-corrected chi connectivity index (χ4v) is 5.35. The van der Waals surface area contributed by atoms with Gasteiger partial charge in [0.15, 0.2) is 0 Å². The number of unbranched alkanes of at least 4 members (excludes halogenated alkanes) is 3. The van der Waals surface area contributed by atoms with Crippen LogP contribution in [0.25, 0.3) is 10.8 Å². The van der Waals surface area contributed by atoms with Gasteiger partial charge in [-0.15, -0.1) is 0 Å². The van der Waals surface area contributed by atoms with E-state index in [2.05, 4.69) is 21.9 Å². The Morgan fingerprint density at radius 3 is 2.00 bits per heavy atom. The quantitative estimate of drug-likeness (QED) is 0.331. The van der Waals surface area contributed by atoms with E-state index in [4.69, 9.17) is 4.74 Å². The number of nitrogens with zero attached hydrogens (tertiary/aromatic N) is 3. The number of piperazine rings is 1. The number of methoxy groups -OCH3 is 1. The summed E-state index contributed by atoms with van der Waals surface area (Å²) >= 11 is 0. The van der Waals surface area contributed by atoms with Crippen molar-refractivity contribution < 1.29 is 14.3 Å². The summed E-state index contributed by atoms with van der Waals surface area (Å²) in [4.78, 5) is 32.4. The van der Waals surface area contributed by atoms with Gasteiger partial charge in [0, 0.05) is 49.2 Å². The molecule has 6 heteroatoms. The van der Waals surface area contributed by atoms with Crippen molar-refractivity contribution >= 4 is 28.3 Å². The summed E-state index contributed by atoms with van der Waals surface area (Å²) in [6.45, 7) is 5.71. The minimum absolute atomic E-state index is 0.160. The molecule has 0 atom stereocenters.